The first-order valence-electron chi connectivity index (χ1n) is 5.86. The maximum atomic E-state index is 12.3. The van der Waals surface area contributed by atoms with Crippen LogP contribution in [0.15, 0.2) is 12.3 Å². The molecule has 0 spiro atoms. The topological polar surface area (TPSA) is 37.3 Å². The van der Waals surface area contributed by atoms with Gasteiger partial charge in [0.05, 0.1) is 11.1 Å². The summed E-state index contributed by atoms with van der Waals surface area (Å²) in [7, 11) is 1.85. The van der Waals surface area contributed by atoms with Crippen molar-refractivity contribution in [2.45, 2.75) is 25.9 Å². The zero-order chi connectivity index (χ0) is 12.6. The summed E-state index contributed by atoms with van der Waals surface area (Å²) in [6.45, 7) is 5.83. The van der Waals surface area contributed by atoms with E-state index in [9.17, 15) is 4.79 Å². The molecule has 0 bridgehead atoms. The fourth-order valence-electron chi connectivity index (χ4n) is 1.94. The standard InChI is InChI=1S/C12H18ClN3O/c1-8(2)16-7-9(13)4-11(16)12(17)15(3)10-5-14-6-10/h4,7-8,10,14H,5-6H2,1-3H3. The normalized spacial score (nSPS) is 16.1. The number of hydrogen-bond acceptors (Lipinski definition) is 2. The fourth-order valence-corrected chi connectivity index (χ4v) is 2.15. The van der Waals surface area contributed by atoms with E-state index in [4.69, 9.17) is 11.6 Å². The van der Waals surface area contributed by atoms with Crippen molar-refractivity contribution in [2.75, 3.05) is 20.1 Å². The highest BCUT2D eigenvalue weighted by Gasteiger charge is 2.28. The minimum atomic E-state index is 0.0390. The number of hydrogen-bond donors (Lipinski definition) is 1. The third-order valence-corrected chi connectivity index (χ3v) is 3.43. The van der Waals surface area contributed by atoms with E-state index in [2.05, 4.69) is 5.32 Å². The van der Waals surface area contributed by atoms with E-state index in [0.717, 1.165) is 13.1 Å². The maximum absolute atomic E-state index is 12.3. The third kappa shape index (κ3) is 2.33. The van der Waals surface area contributed by atoms with Crippen LogP contribution in [0.2, 0.25) is 5.02 Å². The molecule has 0 saturated carbocycles. The van der Waals surface area contributed by atoms with Crippen LogP contribution in [-0.4, -0.2) is 41.6 Å². The van der Waals surface area contributed by atoms with E-state index in [1.807, 2.05) is 31.7 Å². The third-order valence-electron chi connectivity index (χ3n) is 3.22. The van der Waals surface area contributed by atoms with E-state index in [-0.39, 0.29) is 11.9 Å². The summed E-state index contributed by atoms with van der Waals surface area (Å²) >= 11 is 5.98. The van der Waals surface area contributed by atoms with Gasteiger partial charge in [-0.1, -0.05) is 11.6 Å². The van der Waals surface area contributed by atoms with E-state index >= 15 is 0 Å². The molecular weight excluding hydrogens is 238 g/mol. The Morgan fingerprint density at radius 1 is 1.59 bits per heavy atom. The number of nitrogens with zero attached hydrogens (tertiary/aromatic N) is 2. The van der Waals surface area contributed by atoms with Gasteiger partial charge in [-0.25, -0.2) is 0 Å². The zero-order valence-electron chi connectivity index (χ0n) is 10.4. The van der Waals surface area contributed by atoms with Crippen LogP contribution in [-0.2, 0) is 0 Å². The van der Waals surface area contributed by atoms with Crippen molar-refractivity contribution in [1.82, 2.24) is 14.8 Å². The summed E-state index contributed by atoms with van der Waals surface area (Å²) in [5.74, 6) is 0.0390. The number of halogens is 1. The Kier molecular flexibility index (Phi) is 3.45. The Morgan fingerprint density at radius 3 is 2.71 bits per heavy atom. The summed E-state index contributed by atoms with van der Waals surface area (Å²) in [5.41, 5.74) is 0.666. The van der Waals surface area contributed by atoms with Gasteiger partial charge in [0.2, 0.25) is 0 Å². The van der Waals surface area contributed by atoms with Crippen molar-refractivity contribution < 1.29 is 4.79 Å². The smallest absolute Gasteiger partial charge is 0.270 e. The molecule has 0 aliphatic carbocycles. The summed E-state index contributed by atoms with van der Waals surface area (Å²) < 4.78 is 1.92. The molecule has 2 rings (SSSR count). The van der Waals surface area contributed by atoms with Crippen molar-refractivity contribution in [3.8, 4) is 0 Å². The molecule has 1 amide bonds. The molecule has 0 radical (unpaired) electrons. The van der Waals surface area contributed by atoms with Crippen molar-refractivity contribution in [3.63, 3.8) is 0 Å². The number of rotatable bonds is 3. The van der Waals surface area contributed by atoms with Gasteiger partial charge in [-0.2, -0.15) is 0 Å². The number of carbonyl (C=O) groups excluding carboxylic acids is 1. The fraction of sp³-hybridized carbons (Fsp3) is 0.583. The van der Waals surface area contributed by atoms with E-state index in [1.165, 1.54) is 0 Å². The molecule has 1 N–H and O–H groups in total. The molecule has 4 nitrogen and oxygen atoms in total. The Labute approximate surface area is 107 Å². The van der Waals surface area contributed by atoms with Crippen LogP contribution < -0.4 is 5.32 Å². The number of nitrogens with one attached hydrogen (secondary N) is 1. The largest absolute Gasteiger partial charge is 0.339 e. The molecule has 1 aliphatic heterocycles. The molecule has 0 atom stereocenters. The van der Waals surface area contributed by atoms with Crippen LogP contribution >= 0.6 is 11.6 Å². The Balaban J connectivity index is 2.23. The van der Waals surface area contributed by atoms with Gasteiger partial charge < -0.3 is 14.8 Å². The van der Waals surface area contributed by atoms with Gasteiger partial charge in [0, 0.05) is 32.4 Å². The van der Waals surface area contributed by atoms with Crippen molar-refractivity contribution in [1.29, 1.82) is 0 Å². The predicted molar refractivity (Wildman–Crippen MR) is 68.6 cm³/mol. The molecule has 5 heteroatoms. The van der Waals surface area contributed by atoms with Gasteiger partial charge in [-0.3, -0.25) is 4.79 Å². The second-order valence-electron chi connectivity index (χ2n) is 4.77. The van der Waals surface area contributed by atoms with Crippen molar-refractivity contribution >= 4 is 17.5 Å². The van der Waals surface area contributed by atoms with Crippen LogP contribution in [0.25, 0.3) is 0 Å². The molecule has 1 fully saturated rings. The monoisotopic (exact) mass is 255 g/mol. The van der Waals surface area contributed by atoms with Gasteiger partial charge in [0.25, 0.3) is 5.91 Å². The first-order valence-corrected chi connectivity index (χ1v) is 6.23. The van der Waals surface area contributed by atoms with Crippen molar-refractivity contribution in [2.24, 2.45) is 0 Å². The minimum absolute atomic E-state index is 0.0390. The second-order valence-corrected chi connectivity index (χ2v) is 5.21. The minimum Gasteiger partial charge on any atom is -0.339 e. The van der Waals surface area contributed by atoms with E-state index in [0.29, 0.717) is 16.8 Å². The van der Waals surface area contributed by atoms with Crippen LogP contribution in [0.3, 0.4) is 0 Å². The Morgan fingerprint density at radius 2 is 2.24 bits per heavy atom. The van der Waals surface area contributed by atoms with Crippen LogP contribution in [0.1, 0.15) is 30.4 Å². The maximum Gasteiger partial charge on any atom is 0.270 e. The zero-order valence-corrected chi connectivity index (χ0v) is 11.2. The Hall–Kier alpha value is -1.00. The lowest BCUT2D eigenvalue weighted by Gasteiger charge is -2.35. The molecule has 1 aliphatic rings. The average molecular weight is 256 g/mol. The Bertz CT molecular complexity index is 423. The first kappa shape index (κ1) is 12.5. The highest BCUT2D eigenvalue weighted by atomic mass is 35.5. The number of aromatic nitrogens is 1. The number of likely N-dealkylation sites (N-methyl/N-ethyl adjacent to an activating group) is 1. The van der Waals surface area contributed by atoms with Gasteiger partial charge >= 0.3 is 0 Å². The molecule has 94 valence electrons. The van der Waals surface area contributed by atoms with Crippen molar-refractivity contribution in [3.05, 3.63) is 23.0 Å². The van der Waals surface area contributed by atoms with Crippen LogP contribution in [0, 0.1) is 0 Å². The lowest BCUT2D eigenvalue weighted by Crippen LogP contribution is -2.57. The molecular formula is C12H18ClN3O. The van der Waals surface area contributed by atoms with Gasteiger partial charge in [-0.15, -0.1) is 0 Å². The quantitative estimate of drug-likeness (QED) is 0.894. The van der Waals surface area contributed by atoms with Crippen LogP contribution in [0.5, 0.6) is 0 Å². The van der Waals surface area contributed by atoms with E-state index < -0.39 is 0 Å². The predicted octanol–water partition coefficient (Wildman–Crippen LogP) is 1.77. The molecule has 1 aromatic heterocycles. The number of carbonyl (C=O) groups is 1. The molecule has 0 aromatic carbocycles. The molecule has 0 unspecified atom stereocenters. The second kappa shape index (κ2) is 4.70. The average Bonchev–Trinajstić information content (AvgIpc) is 2.56. The molecule has 1 aromatic rings. The summed E-state index contributed by atoms with van der Waals surface area (Å²) in [6.07, 6.45) is 1.81. The number of amides is 1. The first-order chi connectivity index (χ1) is 8.00. The molecule has 2 heterocycles. The van der Waals surface area contributed by atoms with Crippen LogP contribution in [0.4, 0.5) is 0 Å². The summed E-state index contributed by atoms with van der Waals surface area (Å²) in [6, 6.07) is 2.28. The molecule has 17 heavy (non-hydrogen) atoms. The van der Waals surface area contributed by atoms with Gasteiger partial charge in [-0.05, 0) is 19.9 Å². The van der Waals surface area contributed by atoms with E-state index in [1.54, 1.807) is 11.0 Å². The van der Waals surface area contributed by atoms with Gasteiger partial charge in [0.15, 0.2) is 0 Å². The highest BCUT2D eigenvalue weighted by molar-refractivity contribution is 6.31. The molecule has 1 saturated heterocycles. The van der Waals surface area contributed by atoms with Gasteiger partial charge in [0.1, 0.15) is 5.69 Å². The summed E-state index contributed by atoms with van der Waals surface area (Å²) in [4.78, 5) is 14.1. The highest BCUT2D eigenvalue weighted by Crippen LogP contribution is 2.21. The lowest BCUT2D eigenvalue weighted by atomic mass is 10.1. The SMILES string of the molecule is CC(C)n1cc(Cl)cc1C(=O)N(C)C1CNC1. The summed E-state index contributed by atoms with van der Waals surface area (Å²) in [5, 5.41) is 3.78. The lowest BCUT2D eigenvalue weighted by molar-refractivity contribution is 0.0668.